The number of amides is 1. The van der Waals surface area contributed by atoms with Crippen molar-refractivity contribution in [1.82, 2.24) is 14.9 Å². The van der Waals surface area contributed by atoms with Gasteiger partial charge in [-0.1, -0.05) is 12.1 Å². The summed E-state index contributed by atoms with van der Waals surface area (Å²) in [5.41, 5.74) is 1.37. The van der Waals surface area contributed by atoms with Crippen LogP contribution in [0.5, 0.6) is 17.2 Å². The van der Waals surface area contributed by atoms with Gasteiger partial charge in [0.1, 0.15) is 17.9 Å². The topological polar surface area (TPSA) is 77.0 Å². The van der Waals surface area contributed by atoms with Crippen LogP contribution in [-0.2, 0) is 0 Å². The van der Waals surface area contributed by atoms with Gasteiger partial charge in [0.2, 0.25) is 0 Å². The molecule has 0 saturated carbocycles. The van der Waals surface area contributed by atoms with E-state index in [1.807, 2.05) is 29.2 Å². The summed E-state index contributed by atoms with van der Waals surface area (Å²) in [5.74, 6) is 2.28. The Bertz CT molecular complexity index is 1060. The SMILES string of the molecule is COc1cc(OC)c(C(=O)N2CCN(c3ncnc4ccccc34)CC2)cc1OC. The molecule has 0 spiro atoms. The molecular weight excluding hydrogens is 384 g/mol. The number of ether oxygens (including phenoxy) is 3. The lowest BCUT2D eigenvalue weighted by Gasteiger charge is -2.36. The van der Waals surface area contributed by atoms with Crippen LogP contribution in [0.3, 0.4) is 0 Å². The molecule has 1 aliphatic rings. The molecule has 1 amide bonds. The molecule has 1 fully saturated rings. The van der Waals surface area contributed by atoms with Gasteiger partial charge >= 0.3 is 0 Å². The Morgan fingerprint density at radius 1 is 0.867 bits per heavy atom. The Balaban J connectivity index is 1.54. The summed E-state index contributed by atoms with van der Waals surface area (Å²) in [4.78, 5) is 26.0. The molecule has 2 aromatic carbocycles. The van der Waals surface area contributed by atoms with Gasteiger partial charge in [0.15, 0.2) is 11.5 Å². The van der Waals surface area contributed by atoms with Crippen molar-refractivity contribution >= 4 is 22.6 Å². The first-order valence-electron chi connectivity index (χ1n) is 9.70. The van der Waals surface area contributed by atoms with Crippen molar-refractivity contribution in [3.63, 3.8) is 0 Å². The van der Waals surface area contributed by atoms with Crippen LogP contribution in [0, 0.1) is 0 Å². The van der Waals surface area contributed by atoms with E-state index in [1.54, 1.807) is 32.7 Å². The van der Waals surface area contributed by atoms with Gasteiger partial charge in [-0.15, -0.1) is 0 Å². The number of piperazine rings is 1. The second kappa shape index (κ2) is 8.44. The summed E-state index contributed by atoms with van der Waals surface area (Å²) in [6.07, 6.45) is 1.59. The third-order valence-corrected chi connectivity index (χ3v) is 5.32. The smallest absolute Gasteiger partial charge is 0.257 e. The molecule has 0 atom stereocenters. The third-order valence-electron chi connectivity index (χ3n) is 5.32. The number of hydrogen-bond donors (Lipinski definition) is 0. The minimum atomic E-state index is -0.0972. The van der Waals surface area contributed by atoms with Gasteiger partial charge in [0.25, 0.3) is 5.91 Å². The molecule has 0 radical (unpaired) electrons. The van der Waals surface area contributed by atoms with Crippen LogP contribution in [0.1, 0.15) is 10.4 Å². The molecule has 1 saturated heterocycles. The average molecular weight is 408 g/mol. The fourth-order valence-electron chi connectivity index (χ4n) is 3.73. The summed E-state index contributed by atoms with van der Waals surface area (Å²) in [6.45, 7) is 2.52. The lowest BCUT2D eigenvalue weighted by molar-refractivity contribution is 0.0742. The van der Waals surface area contributed by atoms with Gasteiger partial charge in [0.05, 0.1) is 32.4 Å². The van der Waals surface area contributed by atoms with E-state index < -0.39 is 0 Å². The normalized spacial score (nSPS) is 14.0. The van der Waals surface area contributed by atoms with E-state index in [4.69, 9.17) is 14.2 Å². The van der Waals surface area contributed by atoms with Crippen LogP contribution >= 0.6 is 0 Å². The second-order valence-corrected chi connectivity index (χ2v) is 6.90. The summed E-state index contributed by atoms with van der Waals surface area (Å²) in [6, 6.07) is 11.3. The number of hydrogen-bond acceptors (Lipinski definition) is 7. The molecule has 0 unspecified atom stereocenters. The molecule has 0 aliphatic carbocycles. The largest absolute Gasteiger partial charge is 0.496 e. The van der Waals surface area contributed by atoms with Crippen LogP contribution in [0.15, 0.2) is 42.7 Å². The Hall–Kier alpha value is -3.55. The summed E-state index contributed by atoms with van der Waals surface area (Å²) in [5, 5.41) is 1.02. The standard InChI is InChI=1S/C22H24N4O4/c1-28-18-13-20(30-3)19(29-2)12-16(18)22(27)26-10-8-25(9-11-26)21-15-6-4-5-7-17(15)23-14-24-21/h4-7,12-14H,8-11H2,1-3H3. The van der Waals surface area contributed by atoms with E-state index in [0.29, 0.717) is 49.0 Å². The van der Waals surface area contributed by atoms with Gasteiger partial charge in [-0.05, 0) is 12.1 Å². The maximum atomic E-state index is 13.2. The zero-order chi connectivity index (χ0) is 21.1. The molecule has 3 aromatic rings. The fourth-order valence-corrected chi connectivity index (χ4v) is 3.73. The Kier molecular flexibility index (Phi) is 5.56. The highest BCUT2D eigenvalue weighted by Crippen LogP contribution is 2.35. The maximum Gasteiger partial charge on any atom is 0.257 e. The number of aromatic nitrogens is 2. The van der Waals surface area contributed by atoms with Crippen molar-refractivity contribution < 1.29 is 19.0 Å². The number of fused-ring (bicyclic) bond motifs is 1. The molecule has 156 valence electrons. The molecule has 4 rings (SSSR count). The van der Waals surface area contributed by atoms with E-state index in [2.05, 4.69) is 14.9 Å². The van der Waals surface area contributed by atoms with Crippen molar-refractivity contribution in [2.45, 2.75) is 0 Å². The van der Waals surface area contributed by atoms with Crippen LogP contribution < -0.4 is 19.1 Å². The summed E-state index contributed by atoms with van der Waals surface area (Å²) < 4.78 is 16.1. The highest BCUT2D eigenvalue weighted by molar-refractivity contribution is 5.98. The van der Waals surface area contributed by atoms with Crippen molar-refractivity contribution in [1.29, 1.82) is 0 Å². The Morgan fingerprint density at radius 3 is 2.23 bits per heavy atom. The van der Waals surface area contributed by atoms with Crippen molar-refractivity contribution in [2.24, 2.45) is 0 Å². The van der Waals surface area contributed by atoms with E-state index in [0.717, 1.165) is 16.7 Å². The first kappa shape index (κ1) is 19.8. The van der Waals surface area contributed by atoms with E-state index in [-0.39, 0.29) is 5.91 Å². The average Bonchev–Trinajstić information content (AvgIpc) is 2.82. The molecule has 1 aromatic heterocycles. The molecule has 30 heavy (non-hydrogen) atoms. The number of carbonyl (C=O) groups is 1. The minimum Gasteiger partial charge on any atom is -0.496 e. The molecular formula is C22H24N4O4. The van der Waals surface area contributed by atoms with E-state index in [9.17, 15) is 4.79 Å². The summed E-state index contributed by atoms with van der Waals surface area (Å²) >= 11 is 0. The van der Waals surface area contributed by atoms with Crippen LogP contribution in [-0.4, -0.2) is 68.3 Å². The number of methoxy groups -OCH3 is 3. The molecule has 1 aliphatic heterocycles. The van der Waals surface area contributed by atoms with Gasteiger partial charge in [-0.2, -0.15) is 0 Å². The number of anilines is 1. The number of carbonyl (C=O) groups excluding carboxylic acids is 1. The molecule has 8 heteroatoms. The van der Waals surface area contributed by atoms with Crippen LogP contribution in [0.2, 0.25) is 0 Å². The lowest BCUT2D eigenvalue weighted by atomic mass is 10.1. The molecule has 0 N–H and O–H groups in total. The highest BCUT2D eigenvalue weighted by atomic mass is 16.5. The van der Waals surface area contributed by atoms with Crippen LogP contribution in [0.25, 0.3) is 10.9 Å². The number of rotatable bonds is 5. The zero-order valence-electron chi connectivity index (χ0n) is 17.3. The molecule has 0 bridgehead atoms. The fraction of sp³-hybridized carbons (Fsp3) is 0.318. The van der Waals surface area contributed by atoms with Crippen molar-refractivity contribution in [2.75, 3.05) is 52.4 Å². The predicted molar refractivity (Wildman–Crippen MR) is 114 cm³/mol. The van der Waals surface area contributed by atoms with Gasteiger partial charge in [-0.25, -0.2) is 9.97 Å². The van der Waals surface area contributed by atoms with Crippen molar-refractivity contribution in [3.05, 3.63) is 48.3 Å². The van der Waals surface area contributed by atoms with E-state index in [1.165, 1.54) is 7.11 Å². The lowest BCUT2D eigenvalue weighted by Crippen LogP contribution is -2.49. The first-order chi connectivity index (χ1) is 14.7. The van der Waals surface area contributed by atoms with Crippen LogP contribution in [0.4, 0.5) is 5.82 Å². The van der Waals surface area contributed by atoms with Gasteiger partial charge < -0.3 is 24.0 Å². The Morgan fingerprint density at radius 2 is 1.53 bits per heavy atom. The quantitative estimate of drug-likeness (QED) is 0.642. The maximum absolute atomic E-state index is 13.2. The zero-order valence-corrected chi connectivity index (χ0v) is 17.3. The highest BCUT2D eigenvalue weighted by Gasteiger charge is 2.27. The Labute approximate surface area is 175 Å². The minimum absolute atomic E-state index is 0.0972. The molecule has 8 nitrogen and oxygen atoms in total. The first-order valence-corrected chi connectivity index (χ1v) is 9.70. The number of para-hydroxylation sites is 1. The van der Waals surface area contributed by atoms with Crippen molar-refractivity contribution in [3.8, 4) is 17.2 Å². The predicted octanol–water partition coefficient (Wildman–Crippen LogP) is 2.62. The number of benzene rings is 2. The summed E-state index contributed by atoms with van der Waals surface area (Å²) in [7, 11) is 4.63. The number of nitrogens with zero attached hydrogens (tertiary/aromatic N) is 4. The monoisotopic (exact) mass is 408 g/mol. The van der Waals surface area contributed by atoms with Gasteiger partial charge in [-0.3, -0.25) is 4.79 Å². The van der Waals surface area contributed by atoms with Gasteiger partial charge in [0, 0.05) is 43.7 Å². The van der Waals surface area contributed by atoms with E-state index >= 15 is 0 Å². The third kappa shape index (κ3) is 3.56. The second-order valence-electron chi connectivity index (χ2n) is 6.90. The molecule has 2 heterocycles.